The van der Waals surface area contributed by atoms with Crippen molar-refractivity contribution >= 4 is 11.7 Å². The summed E-state index contributed by atoms with van der Waals surface area (Å²) >= 11 is 0. The smallest absolute Gasteiger partial charge is 0.251 e. The van der Waals surface area contributed by atoms with Crippen LogP contribution in [0.4, 0.5) is 5.82 Å². The van der Waals surface area contributed by atoms with Crippen LogP contribution < -0.4 is 16.8 Å². The maximum Gasteiger partial charge on any atom is 0.251 e. The molecule has 0 bridgehead atoms. The number of aromatic nitrogens is 1. The van der Waals surface area contributed by atoms with Gasteiger partial charge in [-0.05, 0) is 12.1 Å². The molecule has 0 aliphatic heterocycles. The van der Waals surface area contributed by atoms with Gasteiger partial charge in [-0.2, -0.15) is 0 Å². The molecule has 0 saturated carbocycles. The van der Waals surface area contributed by atoms with Crippen LogP contribution in [0.5, 0.6) is 0 Å². The van der Waals surface area contributed by atoms with E-state index in [1.54, 1.807) is 6.07 Å². The van der Waals surface area contributed by atoms with E-state index in [1.807, 2.05) is 0 Å². The van der Waals surface area contributed by atoms with Crippen molar-refractivity contribution in [3.8, 4) is 0 Å². The summed E-state index contributed by atoms with van der Waals surface area (Å²) in [5.41, 5.74) is 11.1. The van der Waals surface area contributed by atoms with Crippen LogP contribution in [0.15, 0.2) is 18.3 Å². The van der Waals surface area contributed by atoms with Gasteiger partial charge in [0.15, 0.2) is 0 Å². The molecule has 13 heavy (non-hydrogen) atoms. The summed E-state index contributed by atoms with van der Waals surface area (Å²) in [4.78, 5) is 15.1. The Balaban J connectivity index is 2.66. The van der Waals surface area contributed by atoms with Gasteiger partial charge in [-0.15, -0.1) is 0 Å². The van der Waals surface area contributed by atoms with Crippen molar-refractivity contribution in [3.63, 3.8) is 0 Å². The van der Waals surface area contributed by atoms with Crippen molar-refractivity contribution in [2.24, 2.45) is 5.73 Å². The quantitative estimate of drug-likeness (QED) is 0.576. The number of nitrogens with one attached hydrogen (secondary N) is 1. The van der Waals surface area contributed by atoms with Crippen molar-refractivity contribution in [3.05, 3.63) is 23.9 Å². The van der Waals surface area contributed by atoms with Gasteiger partial charge in [-0.1, -0.05) is 0 Å². The lowest BCUT2D eigenvalue weighted by molar-refractivity contribution is 0.0954. The number of carbonyl (C=O) groups is 1. The highest BCUT2D eigenvalue weighted by Gasteiger charge is 2.03. The molecule has 1 aromatic rings. The summed E-state index contributed by atoms with van der Waals surface area (Å²) in [6.45, 7) is 0.882. The van der Waals surface area contributed by atoms with Gasteiger partial charge >= 0.3 is 0 Å². The van der Waals surface area contributed by atoms with Crippen LogP contribution >= 0.6 is 0 Å². The second-order valence-corrected chi connectivity index (χ2v) is 2.51. The SMILES string of the molecule is NCCNC(=O)c1ccnc(N)c1. The Morgan fingerprint density at radius 3 is 3.00 bits per heavy atom. The van der Waals surface area contributed by atoms with Crippen molar-refractivity contribution in [2.45, 2.75) is 0 Å². The summed E-state index contributed by atoms with van der Waals surface area (Å²) < 4.78 is 0. The van der Waals surface area contributed by atoms with Crippen molar-refractivity contribution < 1.29 is 4.79 Å². The zero-order valence-corrected chi connectivity index (χ0v) is 7.16. The number of carbonyl (C=O) groups excluding carboxylic acids is 1. The number of hydrogen-bond acceptors (Lipinski definition) is 4. The summed E-state index contributed by atoms with van der Waals surface area (Å²) in [5, 5.41) is 2.63. The highest BCUT2D eigenvalue weighted by atomic mass is 16.1. The second kappa shape index (κ2) is 4.42. The Kier molecular flexibility index (Phi) is 3.22. The number of pyridine rings is 1. The molecule has 0 unspecified atom stereocenters. The fourth-order valence-corrected chi connectivity index (χ4v) is 0.877. The lowest BCUT2D eigenvalue weighted by Crippen LogP contribution is -2.29. The van der Waals surface area contributed by atoms with Gasteiger partial charge < -0.3 is 16.8 Å². The minimum atomic E-state index is -0.181. The number of rotatable bonds is 3. The fourth-order valence-electron chi connectivity index (χ4n) is 0.877. The van der Waals surface area contributed by atoms with E-state index in [0.29, 0.717) is 24.5 Å². The van der Waals surface area contributed by atoms with Crippen LogP contribution in [0.3, 0.4) is 0 Å². The molecule has 1 aromatic heterocycles. The van der Waals surface area contributed by atoms with E-state index in [4.69, 9.17) is 11.5 Å². The molecule has 1 rings (SSSR count). The molecular formula is C8H12N4O. The number of anilines is 1. The predicted octanol–water partition coefficient (Wildman–Crippen LogP) is -0.648. The zero-order chi connectivity index (χ0) is 9.68. The van der Waals surface area contributed by atoms with Gasteiger partial charge in [0, 0.05) is 24.8 Å². The maximum absolute atomic E-state index is 11.3. The summed E-state index contributed by atoms with van der Waals surface area (Å²) in [7, 11) is 0. The van der Waals surface area contributed by atoms with E-state index in [0.717, 1.165) is 0 Å². The standard InChI is InChI=1S/C8H12N4O/c9-2-4-12-8(13)6-1-3-11-7(10)5-6/h1,3,5H,2,4,9H2,(H2,10,11)(H,12,13). The third-order valence-corrected chi connectivity index (χ3v) is 1.47. The van der Waals surface area contributed by atoms with Gasteiger partial charge in [0.25, 0.3) is 5.91 Å². The van der Waals surface area contributed by atoms with E-state index >= 15 is 0 Å². The topological polar surface area (TPSA) is 94.0 Å². The van der Waals surface area contributed by atoms with Crippen LogP contribution in [0.25, 0.3) is 0 Å². The molecule has 0 fully saturated rings. The highest BCUT2D eigenvalue weighted by Crippen LogP contribution is 2.01. The maximum atomic E-state index is 11.3. The molecule has 5 heteroatoms. The Morgan fingerprint density at radius 1 is 1.62 bits per heavy atom. The van der Waals surface area contributed by atoms with Gasteiger partial charge in [-0.3, -0.25) is 4.79 Å². The normalized spacial score (nSPS) is 9.62. The Labute approximate surface area is 76.1 Å². The van der Waals surface area contributed by atoms with Gasteiger partial charge in [0.1, 0.15) is 5.82 Å². The molecule has 0 radical (unpaired) electrons. The zero-order valence-electron chi connectivity index (χ0n) is 7.16. The van der Waals surface area contributed by atoms with Crippen LogP contribution in [0, 0.1) is 0 Å². The monoisotopic (exact) mass is 180 g/mol. The third kappa shape index (κ3) is 2.72. The fraction of sp³-hybridized carbons (Fsp3) is 0.250. The minimum absolute atomic E-state index is 0.181. The number of amides is 1. The molecule has 1 amide bonds. The summed E-state index contributed by atoms with van der Waals surface area (Å²) in [5.74, 6) is 0.153. The minimum Gasteiger partial charge on any atom is -0.384 e. The number of nitrogens with zero attached hydrogens (tertiary/aromatic N) is 1. The second-order valence-electron chi connectivity index (χ2n) is 2.51. The lowest BCUT2D eigenvalue weighted by Gasteiger charge is -2.02. The van der Waals surface area contributed by atoms with E-state index in [1.165, 1.54) is 12.3 Å². The average molecular weight is 180 g/mol. The first kappa shape index (κ1) is 9.47. The van der Waals surface area contributed by atoms with E-state index < -0.39 is 0 Å². The van der Waals surface area contributed by atoms with Crippen LogP contribution in [-0.2, 0) is 0 Å². The average Bonchev–Trinajstić information content (AvgIpc) is 2.14. The molecule has 0 saturated heterocycles. The van der Waals surface area contributed by atoms with Gasteiger partial charge in [0.05, 0.1) is 0 Å². The summed E-state index contributed by atoms with van der Waals surface area (Å²) in [6.07, 6.45) is 1.49. The van der Waals surface area contributed by atoms with Crippen molar-refractivity contribution in [1.29, 1.82) is 0 Å². The molecule has 5 N–H and O–H groups in total. The van der Waals surface area contributed by atoms with Crippen LogP contribution in [0.1, 0.15) is 10.4 Å². The largest absolute Gasteiger partial charge is 0.384 e. The van der Waals surface area contributed by atoms with E-state index in [2.05, 4.69) is 10.3 Å². The molecule has 0 aliphatic rings. The number of nitrogen functional groups attached to an aromatic ring is 1. The lowest BCUT2D eigenvalue weighted by atomic mass is 10.2. The molecular weight excluding hydrogens is 168 g/mol. The Bertz CT molecular complexity index is 300. The van der Waals surface area contributed by atoms with E-state index in [9.17, 15) is 4.79 Å². The first-order valence-corrected chi connectivity index (χ1v) is 3.94. The molecule has 70 valence electrons. The first-order valence-electron chi connectivity index (χ1n) is 3.94. The van der Waals surface area contributed by atoms with Crippen LogP contribution in [0.2, 0.25) is 0 Å². The molecule has 0 atom stereocenters. The Hall–Kier alpha value is -1.62. The van der Waals surface area contributed by atoms with Crippen molar-refractivity contribution in [1.82, 2.24) is 10.3 Å². The molecule has 0 spiro atoms. The molecule has 0 aliphatic carbocycles. The van der Waals surface area contributed by atoms with Crippen molar-refractivity contribution in [2.75, 3.05) is 18.8 Å². The first-order chi connectivity index (χ1) is 6.24. The number of nitrogens with two attached hydrogens (primary N) is 2. The molecule has 5 nitrogen and oxygen atoms in total. The van der Waals surface area contributed by atoms with E-state index in [-0.39, 0.29) is 5.91 Å². The molecule has 1 heterocycles. The van der Waals surface area contributed by atoms with Crippen LogP contribution in [-0.4, -0.2) is 24.0 Å². The third-order valence-electron chi connectivity index (χ3n) is 1.47. The van der Waals surface area contributed by atoms with Gasteiger partial charge in [0.2, 0.25) is 0 Å². The molecule has 0 aromatic carbocycles. The highest BCUT2D eigenvalue weighted by molar-refractivity contribution is 5.94. The summed E-state index contributed by atoms with van der Waals surface area (Å²) in [6, 6.07) is 3.12. The number of hydrogen-bond donors (Lipinski definition) is 3. The Morgan fingerprint density at radius 2 is 2.38 bits per heavy atom. The van der Waals surface area contributed by atoms with Gasteiger partial charge in [-0.25, -0.2) is 4.98 Å². The predicted molar refractivity (Wildman–Crippen MR) is 50.0 cm³/mol.